The summed E-state index contributed by atoms with van der Waals surface area (Å²) in [6.45, 7) is 4.06. The Morgan fingerprint density at radius 3 is 2.52 bits per heavy atom. The molecule has 1 aromatic heterocycles. The highest BCUT2D eigenvalue weighted by atomic mass is 15.3. The van der Waals surface area contributed by atoms with Crippen LogP contribution in [0.25, 0.3) is 11.3 Å². The van der Waals surface area contributed by atoms with Crippen LogP contribution in [0.1, 0.15) is 0 Å². The fraction of sp³-hybridized carbons (Fsp3) is 0.375. The van der Waals surface area contributed by atoms with E-state index >= 15 is 0 Å². The van der Waals surface area contributed by atoms with E-state index in [-0.39, 0.29) is 0 Å². The van der Waals surface area contributed by atoms with Gasteiger partial charge in [0, 0.05) is 31.7 Å². The van der Waals surface area contributed by atoms with Gasteiger partial charge in [0.2, 0.25) is 0 Å². The molecule has 2 N–H and O–H groups in total. The fourth-order valence-electron chi connectivity index (χ4n) is 2.58. The van der Waals surface area contributed by atoms with Gasteiger partial charge in [-0.1, -0.05) is 35.4 Å². The summed E-state index contributed by atoms with van der Waals surface area (Å²) < 4.78 is 0. The van der Waals surface area contributed by atoms with E-state index in [4.69, 9.17) is 0 Å². The zero-order valence-corrected chi connectivity index (χ0v) is 12.6. The van der Waals surface area contributed by atoms with Crippen molar-refractivity contribution in [2.45, 2.75) is 0 Å². The Morgan fingerprint density at radius 1 is 1.14 bits per heavy atom. The second kappa shape index (κ2) is 6.10. The normalized spacial score (nSPS) is 15.0. The lowest BCUT2D eigenvalue weighted by Crippen LogP contribution is -2.44. The summed E-state index contributed by atoms with van der Waals surface area (Å²) in [6, 6.07) is 12.6. The lowest BCUT2D eigenvalue weighted by molar-refractivity contribution is -0.440. The molecule has 1 fully saturated rings. The van der Waals surface area contributed by atoms with Crippen LogP contribution in [0.15, 0.2) is 36.4 Å². The van der Waals surface area contributed by atoms with Gasteiger partial charge in [-0.15, -0.1) is 5.10 Å². The van der Waals surface area contributed by atoms with E-state index in [1.165, 1.54) is 5.69 Å². The van der Waals surface area contributed by atoms with Crippen LogP contribution in [0.2, 0.25) is 0 Å². The van der Waals surface area contributed by atoms with Gasteiger partial charge in [0.15, 0.2) is 0 Å². The molecule has 1 saturated heterocycles. The summed E-state index contributed by atoms with van der Waals surface area (Å²) in [5, 5.41) is 11.2. The summed E-state index contributed by atoms with van der Waals surface area (Å²) in [5.74, 6) is 1.02. The van der Waals surface area contributed by atoms with Crippen LogP contribution in [0.4, 0.5) is 11.5 Å². The van der Waals surface area contributed by atoms with Crippen molar-refractivity contribution in [1.29, 1.82) is 0 Å². The van der Waals surface area contributed by atoms with Crippen LogP contribution < -0.4 is 20.2 Å². The summed E-state index contributed by atoms with van der Waals surface area (Å²) in [7, 11) is 4.05. The molecule has 2 aromatic rings. The van der Waals surface area contributed by atoms with Crippen LogP contribution in [-0.2, 0) is 0 Å². The van der Waals surface area contributed by atoms with E-state index in [0.717, 1.165) is 43.3 Å². The number of H-pyrrole nitrogens is 1. The third-order valence-electron chi connectivity index (χ3n) is 3.79. The van der Waals surface area contributed by atoms with E-state index in [2.05, 4.69) is 50.7 Å². The van der Waals surface area contributed by atoms with Gasteiger partial charge in [-0.2, -0.15) is 0 Å². The number of rotatable bonds is 3. The number of benzene rings is 1. The standard InChI is InChI=1S/C16H21N5/c1-20(2)15-12-14(21-10-8-17-9-11-21)16(19-18-15)13-6-4-3-5-7-13/h3-7,12,17H,8-11H2,1-2H3/p+1. The fourth-order valence-corrected chi connectivity index (χ4v) is 2.58. The van der Waals surface area contributed by atoms with Crippen LogP contribution in [0.5, 0.6) is 0 Å². The van der Waals surface area contributed by atoms with E-state index in [0.29, 0.717) is 0 Å². The van der Waals surface area contributed by atoms with Crippen LogP contribution in [0, 0.1) is 0 Å². The van der Waals surface area contributed by atoms with Crippen LogP contribution in [0.3, 0.4) is 0 Å². The first-order chi connectivity index (χ1) is 10.3. The first kappa shape index (κ1) is 13.8. The molecule has 1 aliphatic rings. The van der Waals surface area contributed by atoms with Crippen molar-refractivity contribution in [2.24, 2.45) is 0 Å². The van der Waals surface area contributed by atoms with Crippen LogP contribution >= 0.6 is 0 Å². The first-order valence-electron chi connectivity index (χ1n) is 7.37. The second-order valence-corrected chi connectivity index (χ2v) is 5.48. The summed E-state index contributed by atoms with van der Waals surface area (Å²) in [6.07, 6.45) is 0. The largest absolute Gasteiger partial charge is 0.367 e. The Morgan fingerprint density at radius 2 is 1.86 bits per heavy atom. The molecule has 1 aliphatic heterocycles. The second-order valence-electron chi connectivity index (χ2n) is 5.48. The van der Waals surface area contributed by atoms with Gasteiger partial charge < -0.3 is 10.2 Å². The number of piperazine rings is 1. The Balaban J connectivity index is 2.05. The zero-order valence-electron chi connectivity index (χ0n) is 12.6. The minimum Gasteiger partial charge on any atom is -0.367 e. The minimum absolute atomic E-state index is 1.01. The minimum atomic E-state index is 1.01. The van der Waals surface area contributed by atoms with Gasteiger partial charge in [0.1, 0.15) is 5.69 Å². The molecule has 0 unspecified atom stereocenters. The summed E-state index contributed by atoms with van der Waals surface area (Å²) >= 11 is 0. The average Bonchev–Trinajstić information content (AvgIpc) is 2.56. The molecule has 110 valence electrons. The number of nitrogens with one attached hydrogen (secondary N) is 2. The smallest absolute Gasteiger partial charge is 0.296 e. The van der Waals surface area contributed by atoms with Crippen molar-refractivity contribution < 1.29 is 5.10 Å². The summed E-state index contributed by atoms with van der Waals surface area (Å²) in [4.78, 5) is 4.46. The Bertz CT molecular complexity index is 591. The molecule has 2 heterocycles. The molecular weight excluding hydrogens is 262 g/mol. The predicted molar refractivity (Wildman–Crippen MR) is 85.6 cm³/mol. The van der Waals surface area contributed by atoms with E-state index in [1.54, 1.807) is 0 Å². The number of anilines is 2. The summed E-state index contributed by atoms with van der Waals surface area (Å²) in [5.41, 5.74) is 3.36. The van der Waals surface area contributed by atoms with Gasteiger partial charge in [-0.05, 0) is 0 Å². The molecule has 0 amide bonds. The predicted octanol–water partition coefficient (Wildman–Crippen LogP) is 1.04. The topological polar surface area (TPSA) is 45.5 Å². The van der Waals surface area contributed by atoms with Crippen molar-refractivity contribution in [2.75, 3.05) is 50.1 Å². The van der Waals surface area contributed by atoms with Gasteiger partial charge >= 0.3 is 0 Å². The quantitative estimate of drug-likeness (QED) is 0.915. The monoisotopic (exact) mass is 284 g/mol. The maximum atomic E-state index is 4.62. The third kappa shape index (κ3) is 2.97. The maximum absolute atomic E-state index is 4.62. The maximum Gasteiger partial charge on any atom is 0.296 e. The Hall–Kier alpha value is -2.14. The first-order valence-corrected chi connectivity index (χ1v) is 7.37. The average molecular weight is 284 g/mol. The number of aromatic amines is 1. The molecule has 0 spiro atoms. The van der Waals surface area contributed by atoms with Crippen molar-refractivity contribution >= 4 is 11.5 Å². The van der Waals surface area contributed by atoms with E-state index in [9.17, 15) is 0 Å². The molecule has 0 radical (unpaired) electrons. The van der Waals surface area contributed by atoms with Crippen molar-refractivity contribution in [1.82, 2.24) is 10.4 Å². The SMILES string of the molecule is CN(C)c1cc(N2CCNCC2)c(-c2ccccc2)n[nH+]1. The highest BCUT2D eigenvalue weighted by molar-refractivity contribution is 5.75. The highest BCUT2D eigenvalue weighted by Crippen LogP contribution is 2.29. The molecule has 5 nitrogen and oxygen atoms in total. The molecule has 21 heavy (non-hydrogen) atoms. The van der Waals surface area contributed by atoms with Crippen molar-refractivity contribution in [3.8, 4) is 11.3 Å². The lowest BCUT2D eigenvalue weighted by atomic mass is 10.1. The molecule has 0 bridgehead atoms. The van der Waals surface area contributed by atoms with Gasteiger partial charge in [-0.3, -0.25) is 4.90 Å². The van der Waals surface area contributed by atoms with E-state index in [1.807, 2.05) is 25.1 Å². The van der Waals surface area contributed by atoms with Crippen LogP contribution in [-0.4, -0.2) is 45.4 Å². The van der Waals surface area contributed by atoms with Gasteiger partial charge in [0.25, 0.3) is 5.82 Å². The lowest BCUT2D eigenvalue weighted by Gasteiger charge is -2.30. The number of hydrogen-bond acceptors (Lipinski definition) is 4. The van der Waals surface area contributed by atoms with Crippen molar-refractivity contribution in [3.63, 3.8) is 0 Å². The number of nitrogens with zero attached hydrogens (tertiary/aromatic N) is 3. The van der Waals surface area contributed by atoms with Gasteiger partial charge in [0.05, 0.1) is 25.8 Å². The van der Waals surface area contributed by atoms with E-state index < -0.39 is 0 Å². The number of hydrogen-bond donors (Lipinski definition) is 1. The molecule has 0 saturated carbocycles. The number of aromatic nitrogens is 2. The molecule has 1 aromatic carbocycles. The molecule has 3 rings (SSSR count). The Kier molecular flexibility index (Phi) is 4.01. The third-order valence-corrected chi connectivity index (χ3v) is 3.79. The zero-order chi connectivity index (χ0) is 14.7. The molecular formula is C16H22N5+. The molecule has 0 aliphatic carbocycles. The Labute approximate surface area is 125 Å². The van der Waals surface area contributed by atoms with Gasteiger partial charge in [-0.25, -0.2) is 0 Å². The highest BCUT2D eigenvalue weighted by Gasteiger charge is 2.20. The van der Waals surface area contributed by atoms with Crippen molar-refractivity contribution in [3.05, 3.63) is 36.4 Å². The molecule has 5 heteroatoms. The molecule has 0 atom stereocenters.